The Morgan fingerprint density at radius 1 is 0.362 bits per heavy atom. The third-order valence-electron chi connectivity index (χ3n) is 21.3. The van der Waals surface area contributed by atoms with Crippen LogP contribution in [-0.2, 0) is 28.1 Å². The second-order valence-corrected chi connectivity index (χ2v) is 30.5. The molecule has 392 valence electrons. The molecular weight excluding hydrogens is 981 g/mol. The van der Waals surface area contributed by atoms with E-state index in [1.54, 1.807) is 0 Å². The highest BCUT2D eigenvalue weighted by atomic mass is 32.3. The van der Waals surface area contributed by atoms with E-state index in [4.69, 9.17) is 0 Å². The maximum atomic E-state index is 2.63. The molecule has 0 N–H and O–H groups in total. The number of fused-ring (bicyclic) bond motifs is 20. The molecule has 16 rings (SSSR count). The number of rotatable bonds is 6. The highest BCUT2D eigenvalue weighted by Gasteiger charge is 2.47. The van der Waals surface area contributed by atoms with Crippen LogP contribution < -0.4 is 0 Å². The Balaban J connectivity index is 0.810. The van der Waals surface area contributed by atoms with E-state index in [2.05, 4.69) is 263 Å². The Labute approximate surface area is 476 Å². The van der Waals surface area contributed by atoms with Gasteiger partial charge >= 0.3 is 0 Å². The minimum Gasteiger partial charge on any atom is -0.192 e. The second-order valence-electron chi connectivity index (χ2n) is 27.0. The van der Waals surface area contributed by atoms with E-state index >= 15 is 0 Å². The monoisotopic (exact) mass is 1050 g/mol. The van der Waals surface area contributed by atoms with Gasteiger partial charge < -0.3 is 0 Å². The fraction of sp³-hybridized carbons (Fsp3) is 0.241. The van der Waals surface area contributed by atoms with Crippen molar-refractivity contribution in [3.63, 3.8) is 0 Å². The summed E-state index contributed by atoms with van der Waals surface area (Å²) in [5, 5.41) is 0. The number of hydrogen-bond donors (Lipinski definition) is 0. The summed E-state index contributed by atoms with van der Waals surface area (Å²) in [6, 6.07) is 74.4. The van der Waals surface area contributed by atoms with Crippen LogP contribution in [0.15, 0.2) is 198 Å². The first kappa shape index (κ1) is 48.5. The van der Waals surface area contributed by atoms with Gasteiger partial charge in [-0.05, 0) is 206 Å². The summed E-state index contributed by atoms with van der Waals surface area (Å²) >= 11 is 0. The van der Waals surface area contributed by atoms with Gasteiger partial charge in [0.1, 0.15) is 0 Å². The molecule has 0 saturated heterocycles. The van der Waals surface area contributed by atoms with Gasteiger partial charge in [0.05, 0.1) is 0 Å². The van der Waals surface area contributed by atoms with E-state index in [-0.39, 0.29) is 27.6 Å². The molecule has 10 aromatic carbocycles. The lowest BCUT2D eigenvalue weighted by molar-refractivity contribution is 0.649. The average Bonchev–Trinajstić information content (AvgIpc) is 2.56. The molecule has 0 saturated carbocycles. The van der Waals surface area contributed by atoms with Crippen molar-refractivity contribution in [3.8, 4) is 77.9 Å². The van der Waals surface area contributed by atoms with Gasteiger partial charge in [-0.25, -0.2) is 0 Å². The molecule has 6 aliphatic rings. The SMILES string of the molecule is CCC1c2ccccc2-c2c1ccc1c2-c2cc3c(cc2C1(C)C)-c1ccc(C(Cc2ccc4c(c2)C(C)(C)c2cc5c(cc2-4)C(C)(C)c2ccc4c(c2-5)-c2ccccc2S4(C)C)c2ccccc2-c2ccccc2)cc1C3(C)C. The van der Waals surface area contributed by atoms with Gasteiger partial charge in [0.25, 0.3) is 0 Å². The third-order valence-corrected chi connectivity index (χ3v) is 24.2. The Morgan fingerprint density at radius 3 is 1.55 bits per heavy atom. The fourth-order valence-electron chi connectivity index (χ4n) is 17.0. The lowest BCUT2D eigenvalue weighted by Gasteiger charge is -2.29. The minimum absolute atomic E-state index is 0.114. The van der Waals surface area contributed by atoms with Gasteiger partial charge in [-0.2, -0.15) is 10.0 Å². The summed E-state index contributed by atoms with van der Waals surface area (Å²) in [6.07, 6.45) is 6.99. The first-order valence-electron chi connectivity index (χ1n) is 29.5. The minimum atomic E-state index is -1.13. The molecule has 1 aliphatic heterocycles. The topological polar surface area (TPSA) is 0 Å². The molecule has 0 radical (unpaired) electrons. The number of hydrogen-bond acceptors (Lipinski definition) is 0. The van der Waals surface area contributed by atoms with Crippen molar-refractivity contribution < 1.29 is 0 Å². The van der Waals surface area contributed by atoms with Crippen LogP contribution in [0.1, 0.15) is 153 Å². The normalized spacial score (nSPS) is 18.8. The fourth-order valence-corrected chi connectivity index (χ4v) is 19.5. The lowest BCUT2D eigenvalue weighted by Crippen LogP contribution is -2.18. The maximum Gasteiger partial charge on any atom is 0.0159 e. The summed E-state index contributed by atoms with van der Waals surface area (Å²) in [5.74, 6) is 0.552. The third kappa shape index (κ3) is 6.15. The molecule has 0 bridgehead atoms. The van der Waals surface area contributed by atoms with E-state index in [1.807, 2.05) is 0 Å². The van der Waals surface area contributed by atoms with Crippen LogP contribution in [0.4, 0.5) is 0 Å². The lowest BCUT2D eigenvalue weighted by atomic mass is 9.77. The molecule has 10 aromatic rings. The van der Waals surface area contributed by atoms with Crippen molar-refractivity contribution in [1.82, 2.24) is 0 Å². The van der Waals surface area contributed by atoms with Crippen molar-refractivity contribution in [3.05, 3.63) is 260 Å². The molecule has 2 unspecified atom stereocenters. The molecule has 0 aromatic heterocycles. The molecule has 0 amide bonds. The summed E-state index contributed by atoms with van der Waals surface area (Å²) in [6.45, 7) is 22.1. The van der Waals surface area contributed by atoms with E-state index < -0.39 is 10.0 Å². The van der Waals surface area contributed by atoms with Crippen molar-refractivity contribution in [2.24, 2.45) is 0 Å². The first-order chi connectivity index (χ1) is 38.4. The molecular formula is C79H70S. The van der Waals surface area contributed by atoms with Crippen LogP contribution in [0.5, 0.6) is 0 Å². The zero-order valence-corrected chi connectivity index (χ0v) is 49.2. The quantitative estimate of drug-likeness (QED) is 0.156. The molecule has 1 heteroatoms. The predicted octanol–water partition coefficient (Wildman–Crippen LogP) is 20.9. The second kappa shape index (κ2) is 16.1. The van der Waals surface area contributed by atoms with Gasteiger partial charge in [0.15, 0.2) is 0 Å². The predicted molar refractivity (Wildman–Crippen MR) is 340 cm³/mol. The molecule has 0 nitrogen and oxygen atoms in total. The summed E-state index contributed by atoms with van der Waals surface area (Å²) in [7, 11) is -1.13. The van der Waals surface area contributed by atoms with E-state index in [1.165, 1.54) is 160 Å². The zero-order valence-electron chi connectivity index (χ0n) is 48.4. The first-order valence-corrected chi connectivity index (χ1v) is 32.0. The average molecular weight is 1050 g/mol. The van der Waals surface area contributed by atoms with Gasteiger partial charge in [0.2, 0.25) is 0 Å². The highest BCUT2D eigenvalue weighted by molar-refractivity contribution is 8.33. The van der Waals surface area contributed by atoms with Crippen molar-refractivity contribution in [2.75, 3.05) is 12.5 Å². The Morgan fingerprint density at radius 2 is 0.875 bits per heavy atom. The maximum absolute atomic E-state index is 2.63. The standard InChI is InChI=1S/C79H70S/c1-12-48-50-25-18-19-27-54(50)72-55(48)34-35-62-73(72)60-43-67-59(42-68(60)76(62,2)3)53-33-31-47(40-65(53)79(67,8)9)57(51-26-17-16-24-49(51)46-22-14-13-15-23-46)38-45-30-32-52-58-41-69-61(44-66(58)78(6,7)64(52)39-45)74-63(77(69,4)5)36-37-71-75(74)56-28-20-21-29-70(56)80(71,10)11/h13-37,39-44,48,57H,12,38H2,1-11H3. The van der Waals surface area contributed by atoms with Crippen molar-refractivity contribution in [2.45, 2.75) is 118 Å². The van der Waals surface area contributed by atoms with Crippen LogP contribution in [0.2, 0.25) is 0 Å². The molecule has 1 heterocycles. The summed E-state index contributed by atoms with van der Waals surface area (Å²) < 4.78 is 0. The summed E-state index contributed by atoms with van der Waals surface area (Å²) in [5.41, 5.74) is 37.9. The van der Waals surface area contributed by atoms with E-state index in [0.717, 1.165) is 12.8 Å². The molecule has 2 atom stereocenters. The Hall–Kier alpha value is -7.45. The van der Waals surface area contributed by atoms with E-state index in [0.29, 0.717) is 5.92 Å². The van der Waals surface area contributed by atoms with Crippen LogP contribution in [0.25, 0.3) is 77.9 Å². The van der Waals surface area contributed by atoms with Gasteiger partial charge in [0, 0.05) is 48.9 Å². The smallest absolute Gasteiger partial charge is 0.0159 e. The largest absolute Gasteiger partial charge is 0.192 e. The van der Waals surface area contributed by atoms with Crippen molar-refractivity contribution >= 4 is 10.0 Å². The van der Waals surface area contributed by atoms with Gasteiger partial charge in [-0.15, -0.1) is 0 Å². The summed E-state index contributed by atoms with van der Waals surface area (Å²) in [4.78, 5) is 3.05. The Kier molecular flexibility index (Phi) is 9.77. The molecule has 0 spiro atoms. The molecule has 5 aliphatic carbocycles. The van der Waals surface area contributed by atoms with Crippen LogP contribution in [-0.4, -0.2) is 12.5 Å². The van der Waals surface area contributed by atoms with Crippen molar-refractivity contribution in [1.29, 1.82) is 0 Å². The van der Waals surface area contributed by atoms with E-state index in [9.17, 15) is 0 Å². The molecule has 80 heavy (non-hydrogen) atoms. The highest BCUT2D eigenvalue weighted by Crippen LogP contribution is 2.71. The zero-order chi connectivity index (χ0) is 54.7. The van der Waals surface area contributed by atoms with Gasteiger partial charge in [-0.1, -0.05) is 214 Å². The molecule has 0 fully saturated rings. The van der Waals surface area contributed by atoms with Gasteiger partial charge in [-0.3, -0.25) is 0 Å². The van der Waals surface area contributed by atoms with Crippen LogP contribution in [0, 0.1) is 0 Å². The van der Waals surface area contributed by atoms with Crippen LogP contribution >= 0.6 is 10.0 Å². The number of benzene rings is 10. The van der Waals surface area contributed by atoms with Crippen LogP contribution in [0.3, 0.4) is 0 Å². The Bertz CT molecular complexity index is 4400.